The summed E-state index contributed by atoms with van der Waals surface area (Å²) in [4.78, 5) is 32.7. The zero-order valence-corrected chi connectivity index (χ0v) is 27.7. The number of pyridine rings is 1. The molecule has 45 heavy (non-hydrogen) atoms. The van der Waals surface area contributed by atoms with Gasteiger partial charge in [0.1, 0.15) is 16.8 Å². The predicted molar refractivity (Wildman–Crippen MR) is 178 cm³/mol. The van der Waals surface area contributed by atoms with E-state index in [0.717, 1.165) is 44.9 Å². The molecule has 1 saturated carbocycles. The van der Waals surface area contributed by atoms with Crippen LogP contribution >= 0.6 is 0 Å². The zero-order chi connectivity index (χ0) is 32.2. The highest BCUT2D eigenvalue weighted by Gasteiger charge is 2.27. The number of morpholine rings is 1. The standard InChI is InChI=1S/C33H50N6O5S/c1-24(2)8-7-9-25(3)35-32(40)30(22-26-10-5-4-6-11-26)37-33(41)36-27-12-14-28(15-13-27)38-45(42,43)29-16-17-31(34-23-29)39-18-20-44-21-19-39/h12-17,23-26,30,38H,4-11,18-22H2,1-3H3,(H,35,40)(H2,36,37,41)/t25?,30-/m1/s1. The van der Waals surface area contributed by atoms with Crippen LogP contribution in [0.2, 0.25) is 0 Å². The van der Waals surface area contributed by atoms with Gasteiger partial charge in [0.25, 0.3) is 10.0 Å². The molecule has 0 spiro atoms. The third-order valence-corrected chi connectivity index (χ3v) is 9.85. The number of carbonyl (C=O) groups is 2. The fourth-order valence-corrected chi connectivity index (χ4v) is 6.91. The van der Waals surface area contributed by atoms with Gasteiger partial charge in [-0.25, -0.2) is 18.2 Å². The van der Waals surface area contributed by atoms with E-state index < -0.39 is 22.1 Å². The van der Waals surface area contributed by atoms with E-state index in [1.807, 2.05) is 6.92 Å². The number of anilines is 3. The Labute approximate surface area is 268 Å². The zero-order valence-electron chi connectivity index (χ0n) is 26.9. The maximum absolute atomic E-state index is 13.3. The Morgan fingerprint density at radius 1 is 0.933 bits per heavy atom. The number of aromatic nitrogens is 1. The molecule has 3 amide bonds. The van der Waals surface area contributed by atoms with Crippen molar-refractivity contribution in [2.45, 2.75) is 95.5 Å². The van der Waals surface area contributed by atoms with Gasteiger partial charge in [0.2, 0.25) is 5.91 Å². The normalized spacial score (nSPS) is 17.4. The summed E-state index contributed by atoms with van der Waals surface area (Å²) in [5.74, 6) is 1.59. The van der Waals surface area contributed by atoms with Crippen LogP contribution in [0, 0.1) is 11.8 Å². The number of urea groups is 1. The van der Waals surface area contributed by atoms with Gasteiger partial charge in [-0.2, -0.15) is 0 Å². The number of benzene rings is 1. The van der Waals surface area contributed by atoms with Gasteiger partial charge in [0, 0.05) is 36.7 Å². The van der Waals surface area contributed by atoms with Crippen LogP contribution in [-0.2, 0) is 19.6 Å². The third kappa shape index (κ3) is 11.2. The number of sulfonamides is 1. The van der Waals surface area contributed by atoms with Gasteiger partial charge in [-0.1, -0.05) is 58.8 Å². The van der Waals surface area contributed by atoms with E-state index in [4.69, 9.17) is 4.74 Å². The Morgan fingerprint density at radius 2 is 1.62 bits per heavy atom. The van der Waals surface area contributed by atoms with E-state index in [2.05, 4.69) is 44.4 Å². The highest BCUT2D eigenvalue weighted by atomic mass is 32.2. The van der Waals surface area contributed by atoms with Crippen LogP contribution in [0.4, 0.5) is 22.0 Å². The van der Waals surface area contributed by atoms with Crippen molar-refractivity contribution in [1.82, 2.24) is 15.6 Å². The minimum absolute atomic E-state index is 0.0322. The van der Waals surface area contributed by atoms with Gasteiger partial charge in [0.15, 0.2) is 0 Å². The molecule has 248 valence electrons. The minimum Gasteiger partial charge on any atom is -0.378 e. The molecule has 0 radical (unpaired) electrons. The lowest BCUT2D eigenvalue weighted by Gasteiger charge is -2.27. The van der Waals surface area contributed by atoms with Crippen LogP contribution < -0.4 is 25.6 Å². The summed E-state index contributed by atoms with van der Waals surface area (Å²) in [7, 11) is -3.86. The molecule has 2 heterocycles. The molecule has 1 aromatic heterocycles. The molecule has 2 aliphatic rings. The molecule has 11 nitrogen and oxygen atoms in total. The van der Waals surface area contributed by atoms with Crippen LogP contribution in [0.15, 0.2) is 47.5 Å². The number of hydrogen-bond donors (Lipinski definition) is 4. The number of nitrogens with one attached hydrogen (secondary N) is 4. The van der Waals surface area contributed by atoms with Crippen molar-refractivity contribution in [3.05, 3.63) is 42.6 Å². The van der Waals surface area contributed by atoms with Gasteiger partial charge in [0.05, 0.1) is 13.2 Å². The smallest absolute Gasteiger partial charge is 0.319 e. The highest BCUT2D eigenvalue weighted by molar-refractivity contribution is 7.92. The van der Waals surface area contributed by atoms with E-state index >= 15 is 0 Å². The topological polar surface area (TPSA) is 142 Å². The van der Waals surface area contributed by atoms with Gasteiger partial charge in [-0.3, -0.25) is 9.52 Å². The van der Waals surface area contributed by atoms with Crippen LogP contribution in [0.5, 0.6) is 0 Å². The van der Waals surface area contributed by atoms with E-state index in [0.29, 0.717) is 61.8 Å². The lowest BCUT2D eigenvalue weighted by Crippen LogP contribution is -2.51. The largest absolute Gasteiger partial charge is 0.378 e. The fraction of sp³-hybridized carbons (Fsp3) is 0.606. The number of amides is 3. The lowest BCUT2D eigenvalue weighted by molar-refractivity contribution is -0.124. The van der Waals surface area contributed by atoms with Crippen molar-refractivity contribution >= 4 is 39.2 Å². The molecule has 4 N–H and O–H groups in total. The maximum Gasteiger partial charge on any atom is 0.319 e. The predicted octanol–water partition coefficient (Wildman–Crippen LogP) is 5.51. The second kappa shape index (κ2) is 16.8. The van der Waals surface area contributed by atoms with E-state index in [-0.39, 0.29) is 16.8 Å². The lowest BCUT2D eigenvalue weighted by atomic mass is 9.84. The van der Waals surface area contributed by atoms with Crippen molar-refractivity contribution in [1.29, 1.82) is 0 Å². The van der Waals surface area contributed by atoms with Gasteiger partial charge in [-0.15, -0.1) is 0 Å². The van der Waals surface area contributed by atoms with Gasteiger partial charge in [-0.05, 0) is 68.0 Å². The van der Waals surface area contributed by atoms with E-state index in [9.17, 15) is 18.0 Å². The van der Waals surface area contributed by atoms with E-state index in [1.54, 1.807) is 30.3 Å². The average Bonchev–Trinajstić information content (AvgIpc) is 3.02. The molecule has 1 aromatic carbocycles. The van der Waals surface area contributed by atoms with Crippen molar-refractivity contribution in [2.75, 3.05) is 41.2 Å². The molecule has 1 saturated heterocycles. The van der Waals surface area contributed by atoms with Crippen molar-refractivity contribution < 1.29 is 22.7 Å². The molecule has 4 rings (SSSR count). The Balaban J connectivity index is 1.32. The van der Waals surface area contributed by atoms with Crippen LogP contribution in [0.3, 0.4) is 0 Å². The number of hydrogen-bond acceptors (Lipinski definition) is 7. The fourth-order valence-electron chi connectivity index (χ4n) is 5.91. The Hall–Kier alpha value is -3.38. The molecule has 2 atom stereocenters. The second-order valence-electron chi connectivity index (χ2n) is 12.8. The molecular formula is C33H50N6O5S. The first-order chi connectivity index (χ1) is 21.6. The van der Waals surface area contributed by atoms with Crippen LogP contribution in [0.1, 0.15) is 78.6 Å². The Morgan fingerprint density at radius 3 is 2.27 bits per heavy atom. The number of ether oxygens (including phenoxy) is 1. The summed E-state index contributed by atoms with van der Waals surface area (Å²) in [5.41, 5.74) is 0.824. The summed E-state index contributed by atoms with van der Waals surface area (Å²) in [6.45, 7) is 9.06. The number of rotatable bonds is 14. The summed E-state index contributed by atoms with van der Waals surface area (Å²) in [5, 5.41) is 8.81. The van der Waals surface area contributed by atoms with Crippen LogP contribution in [-0.4, -0.2) is 63.7 Å². The quantitative estimate of drug-likeness (QED) is 0.213. The summed E-state index contributed by atoms with van der Waals surface area (Å²) >= 11 is 0. The third-order valence-electron chi connectivity index (χ3n) is 8.48. The molecule has 0 bridgehead atoms. The van der Waals surface area contributed by atoms with E-state index in [1.165, 1.54) is 18.7 Å². The monoisotopic (exact) mass is 642 g/mol. The van der Waals surface area contributed by atoms with Crippen molar-refractivity contribution in [3.63, 3.8) is 0 Å². The Bertz CT molecular complexity index is 1320. The van der Waals surface area contributed by atoms with Gasteiger partial charge >= 0.3 is 6.03 Å². The summed E-state index contributed by atoms with van der Waals surface area (Å²) < 4.78 is 33.8. The first kappa shape index (κ1) is 34.5. The minimum atomic E-state index is -3.86. The maximum atomic E-state index is 13.3. The molecule has 2 fully saturated rings. The van der Waals surface area contributed by atoms with Crippen molar-refractivity contribution in [2.24, 2.45) is 11.8 Å². The SMILES string of the molecule is CC(C)CCCC(C)NC(=O)[C@@H](CC1CCCCC1)NC(=O)Nc1ccc(NS(=O)(=O)c2ccc(N3CCOCC3)nc2)cc1. The Kier molecular flexibility index (Phi) is 12.9. The molecular weight excluding hydrogens is 592 g/mol. The van der Waals surface area contributed by atoms with Crippen molar-refractivity contribution in [3.8, 4) is 0 Å². The highest BCUT2D eigenvalue weighted by Crippen LogP contribution is 2.28. The molecule has 1 aliphatic heterocycles. The van der Waals surface area contributed by atoms with Gasteiger partial charge < -0.3 is 25.6 Å². The molecule has 1 unspecified atom stereocenters. The second-order valence-corrected chi connectivity index (χ2v) is 14.4. The molecule has 2 aromatic rings. The summed E-state index contributed by atoms with van der Waals surface area (Å²) in [6, 6.07) is 8.54. The number of carbonyl (C=O) groups excluding carboxylic acids is 2. The average molecular weight is 643 g/mol. The molecule has 1 aliphatic carbocycles. The summed E-state index contributed by atoms with van der Waals surface area (Å²) in [6.07, 6.45) is 10.7. The first-order valence-electron chi connectivity index (χ1n) is 16.4. The molecule has 12 heteroatoms. The first-order valence-corrected chi connectivity index (χ1v) is 17.9. The number of nitrogens with zero attached hydrogens (tertiary/aromatic N) is 2. The van der Waals surface area contributed by atoms with Crippen LogP contribution in [0.25, 0.3) is 0 Å².